The molecule has 0 bridgehead atoms. The van der Waals surface area contributed by atoms with Crippen LogP contribution in [0.3, 0.4) is 0 Å². The van der Waals surface area contributed by atoms with Crippen molar-refractivity contribution in [3.63, 3.8) is 0 Å². The van der Waals surface area contributed by atoms with Crippen LogP contribution in [-0.4, -0.2) is 15.9 Å². The number of aromatic nitrogens is 2. The van der Waals surface area contributed by atoms with Crippen molar-refractivity contribution in [2.45, 2.75) is 39.7 Å². The van der Waals surface area contributed by atoms with Gasteiger partial charge in [0.25, 0.3) is 5.56 Å². The van der Waals surface area contributed by atoms with Crippen LogP contribution in [0.4, 0.5) is 0 Å². The number of nitrogens with one attached hydrogen (secondary N) is 1. The Bertz CT molecular complexity index is 604. The molecule has 2 aromatic heterocycles. The van der Waals surface area contributed by atoms with Gasteiger partial charge in [-0.2, -0.15) is 0 Å². The van der Waals surface area contributed by atoms with Crippen LogP contribution in [0.2, 0.25) is 0 Å². The quantitative estimate of drug-likeness (QED) is 0.789. The van der Waals surface area contributed by atoms with Crippen LogP contribution < -0.4 is 10.9 Å². The third kappa shape index (κ3) is 4.17. The Morgan fingerprint density at radius 1 is 1.30 bits per heavy atom. The molecule has 0 amide bonds. The van der Waals surface area contributed by atoms with Gasteiger partial charge >= 0.3 is 0 Å². The van der Waals surface area contributed by atoms with Crippen LogP contribution >= 0.6 is 0 Å². The van der Waals surface area contributed by atoms with Crippen molar-refractivity contribution in [1.82, 2.24) is 14.7 Å². The highest BCUT2D eigenvalue weighted by Gasteiger charge is 2.01. The van der Waals surface area contributed by atoms with Gasteiger partial charge in [0.05, 0.1) is 5.69 Å². The minimum atomic E-state index is -0.0211. The SMILES string of the molecule is CC(C)CCCCNCc1cc(=O)n2ccccc2n1. The number of rotatable bonds is 7. The monoisotopic (exact) mass is 273 g/mol. The maximum absolute atomic E-state index is 11.9. The van der Waals surface area contributed by atoms with Crippen LogP contribution in [0.25, 0.3) is 5.65 Å². The topological polar surface area (TPSA) is 46.4 Å². The van der Waals surface area contributed by atoms with Crippen molar-refractivity contribution in [3.8, 4) is 0 Å². The molecule has 108 valence electrons. The summed E-state index contributed by atoms with van der Waals surface area (Å²) in [7, 11) is 0. The van der Waals surface area contributed by atoms with E-state index in [0.717, 1.165) is 18.2 Å². The van der Waals surface area contributed by atoms with Crippen LogP contribution in [0.15, 0.2) is 35.3 Å². The Kier molecular flexibility index (Phi) is 5.30. The van der Waals surface area contributed by atoms with Crippen molar-refractivity contribution < 1.29 is 0 Å². The normalized spacial score (nSPS) is 11.3. The number of pyridine rings is 1. The summed E-state index contributed by atoms with van der Waals surface area (Å²) in [5.74, 6) is 0.775. The molecule has 0 radical (unpaired) electrons. The summed E-state index contributed by atoms with van der Waals surface area (Å²) in [5.41, 5.74) is 1.49. The van der Waals surface area contributed by atoms with Crippen molar-refractivity contribution in [2.75, 3.05) is 6.54 Å². The molecule has 0 atom stereocenters. The number of fused-ring (bicyclic) bond motifs is 1. The fourth-order valence-corrected chi connectivity index (χ4v) is 2.21. The van der Waals surface area contributed by atoms with Gasteiger partial charge in [-0.25, -0.2) is 4.98 Å². The van der Waals surface area contributed by atoms with Gasteiger partial charge in [0, 0.05) is 18.8 Å². The average Bonchev–Trinajstić information content (AvgIpc) is 2.42. The zero-order valence-corrected chi connectivity index (χ0v) is 12.3. The van der Waals surface area contributed by atoms with E-state index in [2.05, 4.69) is 24.1 Å². The summed E-state index contributed by atoms with van der Waals surface area (Å²) in [6.45, 7) is 6.13. The van der Waals surface area contributed by atoms with Gasteiger partial charge in [-0.15, -0.1) is 0 Å². The average molecular weight is 273 g/mol. The van der Waals surface area contributed by atoms with Gasteiger partial charge in [-0.3, -0.25) is 9.20 Å². The minimum absolute atomic E-state index is 0.0211. The molecule has 1 N–H and O–H groups in total. The van der Waals surface area contributed by atoms with Gasteiger partial charge in [0.2, 0.25) is 0 Å². The first-order valence-corrected chi connectivity index (χ1v) is 7.35. The Morgan fingerprint density at radius 2 is 2.15 bits per heavy atom. The van der Waals surface area contributed by atoms with Crippen molar-refractivity contribution in [2.24, 2.45) is 5.92 Å². The Balaban J connectivity index is 1.86. The van der Waals surface area contributed by atoms with Crippen LogP contribution in [0.5, 0.6) is 0 Å². The number of hydrogen-bond donors (Lipinski definition) is 1. The molecule has 4 nitrogen and oxygen atoms in total. The molecule has 2 heterocycles. The Morgan fingerprint density at radius 3 is 2.95 bits per heavy atom. The maximum Gasteiger partial charge on any atom is 0.258 e. The molecule has 0 saturated heterocycles. The molecule has 0 aliphatic rings. The van der Waals surface area contributed by atoms with E-state index >= 15 is 0 Å². The van der Waals surface area contributed by atoms with Crippen molar-refractivity contribution in [3.05, 3.63) is 46.5 Å². The largest absolute Gasteiger partial charge is 0.311 e. The zero-order chi connectivity index (χ0) is 14.4. The lowest BCUT2D eigenvalue weighted by Gasteiger charge is -2.07. The standard InChI is InChI=1S/C16H23N3O/c1-13(2)7-3-5-9-17-12-14-11-16(20)19-10-6-4-8-15(19)18-14/h4,6,8,10-11,13,17H,3,5,7,9,12H2,1-2H3. The number of hydrogen-bond acceptors (Lipinski definition) is 3. The summed E-state index contributed by atoms with van der Waals surface area (Å²) < 4.78 is 1.56. The molecule has 0 fully saturated rings. The fraction of sp³-hybridized carbons (Fsp3) is 0.500. The number of unbranched alkanes of at least 4 members (excludes halogenated alkanes) is 1. The Hall–Kier alpha value is -1.68. The summed E-state index contributed by atoms with van der Waals surface area (Å²) in [6, 6.07) is 7.19. The van der Waals surface area contributed by atoms with Gasteiger partial charge in [-0.05, 0) is 31.0 Å². The van der Waals surface area contributed by atoms with E-state index < -0.39 is 0 Å². The van der Waals surface area contributed by atoms with Crippen LogP contribution in [-0.2, 0) is 6.54 Å². The summed E-state index contributed by atoms with van der Waals surface area (Å²) in [5, 5.41) is 3.36. The number of nitrogens with zero attached hydrogens (tertiary/aromatic N) is 2. The molecule has 20 heavy (non-hydrogen) atoms. The molecule has 0 aliphatic heterocycles. The second-order valence-corrected chi connectivity index (χ2v) is 5.58. The van der Waals surface area contributed by atoms with E-state index in [1.807, 2.05) is 18.2 Å². The predicted molar refractivity (Wildman–Crippen MR) is 81.9 cm³/mol. The summed E-state index contributed by atoms with van der Waals surface area (Å²) >= 11 is 0. The van der Waals surface area contributed by atoms with Gasteiger partial charge in [0.1, 0.15) is 5.65 Å². The maximum atomic E-state index is 11.9. The molecule has 0 aliphatic carbocycles. The van der Waals surface area contributed by atoms with Gasteiger partial charge < -0.3 is 5.32 Å². The van der Waals surface area contributed by atoms with Crippen LogP contribution in [0, 0.1) is 5.92 Å². The first-order valence-electron chi connectivity index (χ1n) is 7.35. The fourth-order valence-electron chi connectivity index (χ4n) is 2.21. The van der Waals surface area contributed by atoms with E-state index in [-0.39, 0.29) is 5.56 Å². The molecule has 2 rings (SSSR count). The first-order chi connectivity index (χ1) is 9.66. The molecule has 0 saturated carbocycles. The first kappa shape index (κ1) is 14.7. The molecule has 4 heteroatoms. The highest BCUT2D eigenvalue weighted by atomic mass is 16.1. The van der Waals surface area contributed by atoms with E-state index in [4.69, 9.17) is 0 Å². The lowest BCUT2D eigenvalue weighted by molar-refractivity contribution is 0.519. The van der Waals surface area contributed by atoms with E-state index in [1.165, 1.54) is 19.3 Å². The lowest BCUT2D eigenvalue weighted by atomic mass is 10.1. The van der Waals surface area contributed by atoms with E-state index in [9.17, 15) is 4.79 Å². The molecule has 0 unspecified atom stereocenters. The van der Waals surface area contributed by atoms with Crippen molar-refractivity contribution in [1.29, 1.82) is 0 Å². The summed E-state index contributed by atoms with van der Waals surface area (Å²) in [6.07, 6.45) is 5.44. The molecule has 0 aromatic carbocycles. The van der Waals surface area contributed by atoms with Gasteiger partial charge in [-0.1, -0.05) is 32.8 Å². The zero-order valence-electron chi connectivity index (χ0n) is 12.3. The molecule has 0 spiro atoms. The smallest absolute Gasteiger partial charge is 0.258 e. The molecular weight excluding hydrogens is 250 g/mol. The third-order valence-corrected chi connectivity index (χ3v) is 3.32. The Labute approximate surface area is 119 Å². The van der Waals surface area contributed by atoms with Crippen molar-refractivity contribution >= 4 is 5.65 Å². The molecule has 2 aromatic rings. The highest BCUT2D eigenvalue weighted by Crippen LogP contribution is 2.05. The minimum Gasteiger partial charge on any atom is -0.311 e. The summed E-state index contributed by atoms with van der Waals surface area (Å²) in [4.78, 5) is 16.4. The van der Waals surface area contributed by atoms with Crippen LogP contribution in [0.1, 0.15) is 38.8 Å². The second kappa shape index (κ2) is 7.20. The molecular formula is C16H23N3O. The third-order valence-electron chi connectivity index (χ3n) is 3.32. The highest BCUT2D eigenvalue weighted by molar-refractivity contribution is 5.37. The second-order valence-electron chi connectivity index (χ2n) is 5.58. The van der Waals surface area contributed by atoms with E-state index in [0.29, 0.717) is 12.2 Å². The van der Waals surface area contributed by atoms with E-state index in [1.54, 1.807) is 16.7 Å². The van der Waals surface area contributed by atoms with Gasteiger partial charge in [0.15, 0.2) is 0 Å². The lowest BCUT2D eigenvalue weighted by Crippen LogP contribution is -2.20. The predicted octanol–water partition coefficient (Wildman–Crippen LogP) is 2.61.